The number of nitrogens with one attached hydrogen (secondary N) is 1. The van der Waals surface area contributed by atoms with Gasteiger partial charge in [-0.1, -0.05) is 6.07 Å². The quantitative estimate of drug-likeness (QED) is 0.559. The topological polar surface area (TPSA) is 86.3 Å². The van der Waals surface area contributed by atoms with E-state index in [1.54, 1.807) is 6.07 Å². The number of fused-ring (bicyclic) bond motifs is 1. The summed E-state index contributed by atoms with van der Waals surface area (Å²) in [7, 11) is -2.99. The zero-order valence-corrected chi connectivity index (χ0v) is 18.8. The monoisotopic (exact) mass is 440 g/mol. The number of likely N-dealkylation sites (tertiary alicyclic amines) is 1. The van der Waals surface area contributed by atoms with Crippen molar-refractivity contribution in [3.05, 3.63) is 23.8 Å². The third-order valence-electron chi connectivity index (χ3n) is 5.41. The normalized spacial score (nSPS) is 17.7. The number of carbonyl (C=O) groups excluding carboxylic acids is 1. The average Bonchev–Trinajstić information content (AvgIpc) is 2.77. The lowest BCUT2D eigenvalue weighted by atomic mass is 9.96. The van der Waals surface area contributed by atoms with Crippen molar-refractivity contribution in [1.29, 1.82) is 0 Å². The summed E-state index contributed by atoms with van der Waals surface area (Å²) in [5.74, 6) is 1.45. The molecule has 0 spiro atoms. The number of hydrogen-bond acceptors (Lipinski definition) is 7. The third kappa shape index (κ3) is 6.20. The number of benzene rings is 1. The SMILES string of the molecule is CCOP(=O)(CCN1CCC(CNC(=O)c2cccc3c2OCCO3)CC1)OCC. The van der Waals surface area contributed by atoms with Crippen molar-refractivity contribution in [1.82, 2.24) is 10.2 Å². The molecule has 0 unspecified atom stereocenters. The average molecular weight is 440 g/mol. The molecule has 3 rings (SSSR count). The molecule has 1 aromatic carbocycles. The number of ether oxygens (including phenoxy) is 2. The molecule has 2 heterocycles. The predicted octanol–water partition coefficient (Wildman–Crippen LogP) is 3.17. The molecule has 168 valence electrons. The van der Waals surface area contributed by atoms with Crippen LogP contribution in [0, 0.1) is 5.92 Å². The Labute approximate surface area is 178 Å². The number of rotatable bonds is 10. The van der Waals surface area contributed by atoms with Crippen LogP contribution in [-0.4, -0.2) is 69.6 Å². The molecule has 1 saturated heterocycles. The summed E-state index contributed by atoms with van der Waals surface area (Å²) in [6.07, 6.45) is 2.39. The molecule has 30 heavy (non-hydrogen) atoms. The van der Waals surface area contributed by atoms with Crippen molar-refractivity contribution in [2.45, 2.75) is 26.7 Å². The Morgan fingerprint density at radius 2 is 1.87 bits per heavy atom. The number of piperidine rings is 1. The van der Waals surface area contributed by atoms with E-state index in [0.29, 0.717) is 68.7 Å². The van der Waals surface area contributed by atoms with E-state index in [1.165, 1.54) is 0 Å². The Hall–Kier alpha value is -1.60. The second-order valence-corrected chi connectivity index (χ2v) is 9.68. The fourth-order valence-electron chi connectivity index (χ4n) is 3.82. The molecule has 1 aromatic rings. The van der Waals surface area contributed by atoms with Crippen LogP contribution in [0.1, 0.15) is 37.0 Å². The first-order valence-corrected chi connectivity index (χ1v) is 12.5. The van der Waals surface area contributed by atoms with E-state index in [9.17, 15) is 9.36 Å². The van der Waals surface area contributed by atoms with Crippen LogP contribution in [0.15, 0.2) is 18.2 Å². The zero-order valence-electron chi connectivity index (χ0n) is 17.9. The number of amides is 1. The summed E-state index contributed by atoms with van der Waals surface area (Å²) in [4.78, 5) is 14.9. The van der Waals surface area contributed by atoms with Crippen molar-refractivity contribution < 1.29 is 27.9 Å². The lowest BCUT2D eigenvalue weighted by molar-refractivity contribution is 0.0925. The molecule has 0 aromatic heterocycles. The maximum absolute atomic E-state index is 12.6. The molecule has 0 atom stereocenters. The summed E-state index contributed by atoms with van der Waals surface area (Å²) in [5.41, 5.74) is 0.521. The van der Waals surface area contributed by atoms with Crippen molar-refractivity contribution in [3.63, 3.8) is 0 Å². The van der Waals surface area contributed by atoms with E-state index in [-0.39, 0.29) is 5.91 Å². The molecule has 0 aliphatic carbocycles. The van der Waals surface area contributed by atoms with Crippen LogP contribution >= 0.6 is 7.60 Å². The maximum Gasteiger partial charge on any atom is 0.331 e. The molecule has 1 fully saturated rings. The lowest BCUT2D eigenvalue weighted by Crippen LogP contribution is -2.39. The van der Waals surface area contributed by atoms with Gasteiger partial charge in [0.1, 0.15) is 13.2 Å². The Balaban J connectivity index is 1.42. The fraction of sp³-hybridized carbons (Fsp3) is 0.667. The molecular formula is C21H33N2O6P. The van der Waals surface area contributed by atoms with Crippen LogP contribution < -0.4 is 14.8 Å². The van der Waals surface area contributed by atoms with Crippen molar-refractivity contribution in [2.75, 3.05) is 58.8 Å². The van der Waals surface area contributed by atoms with Gasteiger partial charge in [-0.15, -0.1) is 0 Å². The predicted molar refractivity (Wildman–Crippen MR) is 115 cm³/mol. The highest BCUT2D eigenvalue weighted by molar-refractivity contribution is 7.53. The first kappa shape index (κ1) is 23.1. The molecule has 0 radical (unpaired) electrons. The summed E-state index contributed by atoms with van der Waals surface area (Å²) >= 11 is 0. The maximum atomic E-state index is 12.6. The van der Waals surface area contributed by atoms with Gasteiger partial charge in [-0.3, -0.25) is 9.36 Å². The zero-order chi connectivity index (χ0) is 21.4. The highest BCUT2D eigenvalue weighted by Gasteiger charge is 2.27. The van der Waals surface area contributed by atoms with Crippen molar-refractivity contribution >= 4 is 13.5 Å². The molecule has 0 bridgehead atoms. The van der Waals surface area contributed by atoms with Gasteiger partial charge in [0.25, 0.3) is 5.91 Å². The van der Waals surface area contributed by atoms with Crippen LogP contribution in [0.5, 0.6) is 11.5 Å². The molecular weight excluding hydrogens is 407 g/mol. The van der Waals surface area contributed by atoms with Gasteiger partial charge in [-0.05, 0) is 57.8 Å². The number of para-hydroxylation sites is 1. The van der Waals surface area contributed by atoms with E-state index < -0.39 is 7.60 Å². The van der Waals surface area contributed by atoms with Crippen LogP contribution in [0.4, 0.5) is 0 Å². The largest absolute Gasteiger partial charge is 0.486 e. The number of carbonyl (C=O) groups is 1. The van der Waals surface area contributed by atoms with Gasteiger partial charge >= 0.3 is 7.60 Å². The second-order valence-electron chi connectivity index (χ2n) is 7.49. The van der Waals surface area contributed by atoms with E-state index >= 15 is 0 Å². The summed E-state index contributed by atoms with van der Waals surface area (Å²) in [6, 6.07) is 5.39. The van der Waals surface area contributed by atoms with Crippen LogP contribution in [0.3, 0.4) is 0 Å². The summed E-state index contributed by atoms with van der Waals surface area (Å²) < 4.78 is 34.5. The van der Waals surface area contributed by atoms with Crippen molar-refractivity contribution in [3.8, 4) is 11.5 Å². The van der Waals surface area contributed by atoms with Gasteiger partial charge in [-0.25, -0.2) is 0 Å². The minimum absolute atomic E-state index is 0.130. The summed E-state index contributed by atoms with van der Waals surface area (Å²) in [5, 5.41) is 3.05. The molecule has 0 saturated carbocycles. The minimum Gasteiger partial charge on any atom is -0.486 e. The van der Waals surface area contributed by atoms with Gasteiger partial charge < -0.3 is 28.7 Å². The Morgan fingerprint density at radius 1 is 1.17 bits per heavy atom. The van der Waals surface area contributed by atoms with Gasteiger partial charge in [0.2, 0.25) is 0 Å². The van der Waals surface area contributed by atoms with Crippen LogP contribution in [-0.2, 0) is 13.6 Å². The van der Waals surface area contributed by atoms with E-state index in [2.05, 4.69) is 10.2 Å². The lowest BCUT2D eigenvalue weighted by Gasteiger charge is -2.32. The Kier molecular flexibility index (Phi) is 8.57. The molecule has 1 N–H and O–H groups in total. The van der Waals surface area contributed by atoms with Crippen LogP contribution in [0.2, 0.25) is 0 Å². The number of hydrogen-bond donors (Lipinski definition) is 1. The first-order chi connectivity index (χ1) is 14.5. The van der Waals surface area contributed by atoms with E-state index in [4.69, 9.17) is 18.5 Å². The highest BCUT2D eigenvalue weighted by atomic mass is 31.2. The van der Waals surface area contributed by atoms with Gasteiger partial charge in [0.15, 0.2) is 11.5 Å². The molecule has 2 aliphatic heterocycles. The van der Waals surface area contributed by atoms with Gasteiger partial charge in [0, 0.05) is 13.1 Å². The van der Waals surface area contributed by atoms with E-state index in [0.717, 1.165) is 25.9 Å². The second kappa shape index (κ2) is 11.1. The smallest absolute Gasteiger partial charge is 0.331 e. The standard InChI is InChI=1S/C21H33N2O6P/c1-3-28-30(25,29-4-2)15-12-23-10-8-17(9-11-23)16-22-21(24)18-6-5-7-19-20(18)27-14-13-26-19/h5-7,17H,3-4,8-16H2,1-2H3,(H,22,24). The van der Waals surface area contributed by atoms with Gasteiger partial charge in [0.05, 0.1) is 24.9 Å². The van der Waals surface area contributed by atoms with E-state index in [1.807, 2.05) is 26.0 Å². The summed E-state index contributed by atoms with van der Waals surface area (Å²) in [6.45, 7) is 8.55. The Morgan fingerprint density at radius 3 is 2.57 bits per heavy atom. The minimum atomic E-state index is -2.99. The first-order valence-electron chi connectivity index (χ1n) is 10.8. The molecule has 1 amide bonds. The van der Waals surface area contributed by atoms with Crippen molar-refractivity contribution in [2.24, 2.45) is 5.92 Å². The fourth-order valence-corrected chi connectivity index (χ4v) is 5.47. The molecule has 8 nitrogen and oxygen atoms in total. The highest BCUT2D eigenvalue weighted by Crippen LogP contribution is 2.47. The molecule has 9 heteroatoms. The molecule has 2 aliphatic rings. The van der Waals surface area contributed by atoms with Crippen LogP contribution in [0.25, 0.3) is 0 Å². The van der Waals surface area contributed by atoms with Gasteiger partial charge in [-0.2, -0.15) is 0 Å². The Bertz CT molecular complexity index is 741. The number of nitrogens with zero attached hydrogens (tertiary/aromatic N) is 1. The third-order valence-corrected chi connectivity index (χ3v) is 7.46.